The van der Waals surface area contributed by atoms with Crippen molar-refractivity contribution >= 4 is 11.8 Å². The standard InChI is InChI=1S/C22H29N3O5/c1-14-21(26)24(2)11-10-16-8-9-18(28-4)19(30-16)13-29-20-15(12-23)6-5-7-17(20)22(27)25(14)3/h5-7,14,16,18-19H,8-11,13H2,1-4H3/t14-,16-,18-,19-/m1/s1. The summed E-state index contributed by atoms with van der Waals surface area (Å²) in [7, 11) is 4.97. The molecule has 0 unspecified atom stereocenters. The van der Waals surface area contributed by atoms with E-state index in [1.807, 2.05) is 0 Å². The Bertz CT molecular complexity index is 837. The van der Waals surface area contributed by atoms with E-state index in [1.165, 1.54) is 4.90 Å². The Labute approximate surface area is 177 Å². The van der Waals surface area contributed by atoms with E-state index in [-0.39, 0.29) is 53.6 Å². The number of nitriles is 1. The summed E-state index contributed by atoms with van der Waals surface area (Å²) in [6.45, 7) is 2.41. The smallest absolute Gasteiger partial charge is 0.258 e. The third-order valence-electron chi connectivity index (χ3n) is 6.04. The van der Waals surface area contributed by atoms with E-state index >= 15 is 0 Å². The molecule has 3 rings (SSSR count). The number of hydrogen-bond donors (Lipinski definition) is 0. The van der Waals surface area contributed by atoms with Gasteiger partial charge in [0.1, 0.15) is 30.6 Å². The minimum atomic E-state index is -0.651. The van der Waals surface area contributed by atoms with Crippen LogP contribution in [-0.4, -0.2) is 80.3 Å². The van der Waals surface area contributed by atoms with Crippen LogP contribution in [0.15, 0.2) is 18.2 Å². The maximum atomic E-state index is 13.2. The van der Waals surface area contributed by atoms with Gasteiger partial charge in [-0.25, -0.2) is 0 Å². The number of rotatable bonds is 1. The number of carbonyl (C=O) groups excluding carboxylic acids is 2. The van der Waals surface area contributed by atoms with E-state index in [4.69, 9.17) is 14.2 Å². The lowest BCUT2D eigenvalue weighted by molar-refractivity contribution is -0.146. The van der Waals surface area contributed by atoms with Gasteiger partial charge in [0, 0.05) is 27.7 Å². The minimum absolute atomic E-state index is 0.0106. The largest absolute Gasteiger partial charge is 0.489 e. The highest BCUT2D eigenvalue weighted by Gasteiger charge is 2.34. The van der Waals surface area contributed by atoms with Crippen LogP contribution >= 0.6 is 0 Å². The van der Waals surface area contributed by atoms with Gasteiger partial charge in [0.2, 0.25) is 5.91 Å². The van der Waals surface area contributed by atoms with Crippen LogP contribution in [0.25, 0.3) is 0 Å². The topological polar surface area (TPSA) is 92.1 Å². The predicted octanol–water partition coefficient (Wildman–Crippen LogP) is 1.82. The van der Waals surface area contributed by atoms with Gasteiger partial charge in [-0.15, -0.1) is 0 Å². The Kier molecular flexibility index (Phi) is 6.95. The number of fused-ring (bicyclic) bond motifs is 3. The summed E-state index contributed by atoms with van der Waals surface area (Å²) in [5.74, 6) is -0.314. The molecule has 1 saturated heterocycles. The lowest BCUT2D eigenvalue weighted by atomic mass is 9.99. The van der Waals surface area contributed by atoms with Crippen LogP contribution in [0, 0.1) is 11.3 Å². The SMILES string of the molecule is CO[C@@H]1CC[C@@H]2CCN(C)C(=O)[C@@H](C)N(C)C(=O)c3cccc(C#N)c3OC[C@H]1O2. The highest BCUT2D eigenvalue weighted by Crippen LogP contribution is 2.29. The number of para-hydroxylation sites is 1. The molecule has 4 atom stereocenters. The number of likely N-dealkylation sites (N-methyl/N-ethyl adjacent to an activating group) is 2. The molecule has 8 nitrogen and oxygen atoms in total. The molecule has 2 amide bonds. The van der Waals surface area contributed by atoms with Crippen molar-refractivity contribution in [3.63, 3.8) is 0 Å². The Morgan fingerprint density at radius 1 is 1.20 bits per heavy atom. The second kappa shape index (κ2) is 9.45. The van der Waals surface area contributed by atoms with Gasteiger partial charge in [0.15, 0.2) is 0 Å². The molecule has 0 spiro atoms. The summed E-state index contributed by atoms with van der Waals surface area (Å²) < 4.78 is 17.8. The van der Waals surface area contributed by atoms with E-state index < -0.39 is 6.04 Å². The van der Waals surface area contributed by atoms with Crippen molar-refractivity contribution in [1.82, 2.24) is 9.80 Å². The summed E-state index contributed by atoms with van der Waals surface area (Å²) in [5, 5.41) is 9.55. The van der Waals surface area contributed by atoms with Gasteiger partial charge in [0.25, 0.3) is 5.91 Å². The van der Waals surface area contributed by atoms with E-state index in [9.17, 15) is 14.9 Å². The van der Waals surface area contributed by atoms with Gasteiger partial charge >= 0.3 is 0 Å². The molecule has 0 aliphatic carbocycles. The number of ether oxygens (including phenoxy) is 3. The zero-order valence-electron chi connectivity index (χ0n) is 18.0. The van der Waals surface area contributed by atoms with E-state index in [0.717, 1.165) is 12.8 Å². The zero-order valence-corrected chi connectivity index (χ0v) is 18.0. The highest BCUT2D eigenvalue weighted by atomic mass is 16.6. The number of amides is 2. The van der Waals surface area contributed by atoms with Gasteiger partial charge in [-0.3, -0.25) is 9.59 Å². The van der Waals surface area contributed by atoms with Crippen LogP contribution in [-0.2, 0) is 14.3 Å². The molecule has 0 saturated carbocycles. The van der Waals surface area contributed by atoms with Crippen molar-refractivity contribution in [2.75, 3.05) is 34.4 Å². The first-order valence-corrected chi connectivity index (χ1v) is 10.2. The molecule has 2 bridgehead atoms. The van der Waals surface area contributed by atoms with Crippen LogP contribution in [0.2, 0.25) is 0 Å². The van der Waals surface area contributed by atoms with Crippen LogP contribution < -0.4 is 4.74 Å². The fourth-order valence-corrected chi connectivity index (χ4v) is 3.98. The van der Waals surface area contributed by atoms with Crippen LogP contribution in [0.1, 0.15) is 42.1 Å². The first-order chi connectivity index (χ1) is 14.4. The number of benzene rings is 1. The Balaban J connectivity index is 2.00. The summed E-state index contributed by atoms with van der Waals surface area (Å²) >= 11 is 0. The first kappa shape index (κ1) is 22.1. The average molecular weight is 415 g/mol. The van der Waals surface area contributed by atoms with Crippen molar-refractivity contribution < 1.29 is 23.8 Å². The monoisotopic (exact) mass is 415 g/mol. The fraction of sp³-hybridized carbons (Fsp3) is 0.591. The van der Waals surface area contributed by atoms with Crippen LogP contribution in [0.5, 0.6) is 5.75 Å². The molecule has 1 fully saturated rings. The lowest BCUT2D eigenvalue weighted by Crippen LogP contribution is -2.48. The van der Waals surface area contributed by atoms with Crippen molar-refractivity contribution in [3.8, 4) is 11.8 Å². The van der Waals surface area contributed by atoms with E-state index in [1.54, 1.807) is 51.2 Å². The minimum Gasteiger partial charge on any atom is -0.489 e. The number of methoxy groups -OCH3 is 1. The van der Waals surface area contributed by atoms with Gasteiger partial charge in [-0.05, 0) is 38.3 Å². The van der Waals surface area contributed by atoms with Crippen molar-refractivity contribution in [2.24, 2.45) is 0 Å². The zero-order chi connectivity index (χ0) is 21.8. The number of hydrogen-bond acceptors (Lipinski definition) is 6. The molecule has 2 aliphatic heterocycles. The molecule has 0 N–H and O–H groups in total. The molecule has 8 heteroatoms. The molecule has 1 aromatic carbocycles. The van der Waals surface area contributed by atoms with Crippen LogP contribution in [0.3, 0.4) is 0 Å². The van der Waals surface area contributed by atoms with Gasteiger partial charge in [0.05, 0.1) is 23.3 Å². The maximum Gasteiger partial charge on any atom is 0.258 e. The molecular formula is C22H29N3O5. The number of nitrogens with zero attached hydrogens (tertiary/aromatic N) is 3. The third kappa shape index (κ3) is 4.42. The molecule has 0 aromatic heterocycles. The summed E-state index contributed by atoms with van der Waals surface area (Å²) in [6, 6.07) is 6.30. The quantitative estimate of drug-likeness (QED) is 0.695. The fourth-order valence-electron chi connectivity index (χ4n) is 3.98. The summed E-state index contributed by atoms with van der Waals surface area (Å²) in [6.07, 6.45) is 1.87. The first-order valence-electron chi connectivity index (χ1n) is 10.2. The molecule has 2 aliphatic rings. The molecule has 1 aromatic rings. The second-order valence-corrected chi connectivity index (χ2v) is 7.89. The third-order valence-corrected chi connectivity index (χ3v) is 6.04. The molecule has 0 radical (unpaired) electrons. The van der Waals surface area contributed by atoms with Crippen LogP contribution in [0.4, 0.5) is 0 Å². The maximum absolute atomic E-state index is 13.2. The second-order valence-electron chi connectivity index (χ2n) is 7.89. The van der Waals surface area contributed by atoms with E-state index in [0.29, 0.717) is 13.0 Å². The molecule has 30 heavy (non-hydrogen) atoms. The van der Waals surface area contributed by atoms with Crippen molar-refractivity contribution in [2.45, 2.75) is 50.5 Å². The molecule has 2 heterocycles. The number of carbonyl (C=O) groups is 2. The van der Waals surface area contributed by atoms with Crippen molar-refractivity contribution in [3.05, 3.63) is 29.3 Å². The summed E-state index contributed by atoms with van der Waals surface area (Å²) in [4.78, 5) is 29.1. The Hall–Kier alpha value is -2.63. The van der Waals surface area contributed by atoms with Crippen molar-refractivity contribution in [1.29, 1.82) is 5.26 Å². The van der Waals surface area contributed by atoms with Gasteiger partial charge < -0.3 is 24.0 Å². The highest BCUT2D eigenvalue weighted by molar-refractivity contribution is 6.00. The van der Waals surface area contributed by atoms with Gasteiger partial charge in [-0.2, -0.15) is 5.26 Å². The Morgan fingerprint density at radius 3 is 2.67 bits per heavy atom. The molecule has 162 valence electrons. The Morgan fingerprint density at radius 2 is 1.97 bits per heavy atom. The summed E-state index contributed by atoms with van der Waals surface area (Å²) in [5.41, 5.74) is 0.510. The normalized spacial score (nSPS) is 28.2. The van der Waals surface area contributed by atoms with E-state index in [2.05, 4.69) is 6.07 Å². The van der Waals surface area contributed by atoms with Gasteiger partial charge in [-0.1, -0.05) is 6.07 Å². The average Bonchev–Trinajstić information content (AvgIpc) is 2.78. The lowest BCUT2D eigenvalue weighted by Gasteiger charge is -2.37. The predicted molar refractivity (Wildman–Crippen MR) is 109 cm³/mol. The molecular weight excluding hydrogens is 386 g/mol.